The van der Waals surface area contributed by atoms with Crippen molar-refractivity contribution in [1.82, 2.24) is 5.32 Å². The van der Waals surface area contributed by atoms with E-state index in [1.54, 1.807) is 0 Å². The van der Waals surface area contributed by atoms with Crippen molar-refractivity contribution in [3.05, 3.63) is 28.8 Å². The SMILES string of the molecule is CCC1CCCCN1c1ccc(Cl)cc1CNC1CC1. The summed E-state index contributed by atoms with van der Waals surface area (Å²) in [5.74, 6) is 0. The van der Waals surface area contributed by atoms with Gasteiger partial charge in [0, 0.05) is 35.9 Å². The maximum Gasteiger partial charge on any atom is 0.0415 e. The lowest BCUT2D eigenvalue weighted by atomic mass is 9.98. The summed E-state index contributed by atoms with van der Waals surface area (Å²) in [5.41, 5.74) is 2.76. The lowest BCUT2D eigenvalue weighted by Gasteiger charge is -2.38. The molecule has 20 heavy (non-hydrogen) atoms. The molecule has 2 nitrogen and oxygen atoms in total. The molecule has 1 aromatic rings. The first-order chi connectivity index (χ1) is 9.78. The molecular formula is C17H25ClN2. The molecule has 1 unspecified atom stereocenters. The van der Waals surface area contributed by atoms with Crippen molar-refractivity contribution < 1.29 is 0 Å². The molecule has 110 valence electrons. The van der Waals surface area contributed by atoms with E-state index in [9.17, 15) is 0 Å². The average Bonchev–Trinajstić information content (AvgIpc) is 3.29. The van der Waals surface area contributed by atoms with Crippen LogP contribution >= 0.6 is 11.6 Å². The van der Waals surface area contributed by atoms with Crippen LogP contribution in [0.4, 0.5) is 5.69 Å². The minimum Gasteiger partial charge on any atom is -0.368 e. The third-order valence-corrected chi connectivity index (χ3v) is 4.84. The number of nitrogens with one attached hydrogen (secondary N) is 1. The van der Waals surface area contributed by atoms with Crippen molar-refractivity contribution in [3.63, 3.8) is 0 Å². The summed E-state index contributed by atoms with van der Waals surface area (Å²) in [6.07, 6.45) is 7.91. The van der Waals surface area contributed by atoms with Crippen LogP contribution < -0.4 is 10.2 Å². The Hall–Kier alpha value is -0.730. The second kappa shape index (κ2) is 6.36. The molecule has 1 N–H and O–H groups in total. The van der Waals surface area contributed by atoms with E-state index < -0.39 is 0 Å². The second-order valence-corrected chi connectivity index (χ2v) is 6.62. The van der Waals surface area contributed by atoms with Crippen LogP contribution in [-0.2, 0) is 6.54 Å². The van der Waals surface area contributed by atoms with Crippen LogP contribution in [0.25, 0.3) is 0 Å². The molecule has 0 bridgehead atoms. The van der Waals surface area contributed by atoms with E-state index in [0.29, 0.717) is 6.04 Å². The Kier molecular flexibility index (Phi) is 4.52. The van der Waals surface area contributed by atoms with Crippen molar-refractivity contribution >= 4 is 17.3 Å². The summed E-state index contributed by atoms with van der Waals surface area (Å²) in [5, 5.41) is 4.48. The summed E-state index contributed by atoms with van der Waals surface area (Å²) in [7, 11) is 0. The van der Waals surface area contributed by atoms with Gasteiger partial charge in [-0.3, -0.25) is 0 Å². The zero-order valence-corrected chi connectivity index (χ0v) is 13.1. The number of anilines is 1. The summed E-state index contributed by atoms with van der Waals surface area (Å²) in [6, 6.07) is 7.85. The van der Waals surface area contributed by atoms with Gasteiger partial charge in [-0.2, -0.15) is 0 Å². The van der Waals surface area contributed by atoms with Crippen LogP contribution in [0.5, 0.6) is 0 Å². The third kappa shape index (κ3) is 3.29. The molecule has 0 spiro atoms. The van der Waals surface area contributed by atoms with E-state index in [4.69, 9.17) is 11.6 Å². The van der Waals surface area contributed by atoms with Crippen molar-refractivity contribution in [2.24, 2.45) is 0 Å². The van der Waals surface area contributed by atoms with E-state index in [-0.39, 0.29) is 0 Å². The van der Waals surface area contributed by atoms with Crippen LogP contribution in [0, 0.1) is 0 Å². The minimum absolute atomic E-state index is 0.699. The maximum absolute atomic E-state index is 6.21. The highest BCUT2D eigenvalue weighted by atomic mass is 35.5. The molecule has 0 radical (unpaired) electrons. The molecule has 0 aromatic heterocycles. The van der Waals surface area contributed by atoms with Crippen molar-refractivity contribution in [2.45, 2.75) is 64.1 Å². The van der Waals surface area contributed by atoms with Gasteiger partial charge in [0.1, 0.15) is 0 Å². The predicted octanol–water partition coefficient (Wildman–Crippen LogP) is 4.36. The Morgan fingerprint density at radius 2 is 2.10 bits per heavy atom. The Bertz CT molecular complexity index is 456. The summed E-state index contributed by atoms with van der Waals surface area (Å²) in [4.78, 5) is 2.61. The van der Waals surface area contributed by atoms with Crippen molar-refractivity contribution in [2.75, 3.05) is 11.4 Å². The number of rotatable bonds is 5. The highest BCUT2D eigenvalue weighted by Crippen LogP contribution is 2.31. The van der Waals surface area contributed by atoms with Gasteiger partial charge < -0.3 is 10.2 Å². The van der Waals surface area contributed by atoms with Crippen LogP contribution in [-0.4, -0.2) is 18.6 Å². The Morgan fingerprint density at radius 3 is 2.85 bits per heavy atom. The minimum atomic E-state index is 0.699. The molecule has 3 rings (SSSR count). The van der Waals surface area contributed by atoms with Crippen LogP contribution in [0.2, 0.25) is 5.02 Å². The monoisotopic (exact) mass is 292 g/mol. The van der Waals surface area contributed by atoms with Gasteiger partial charge in [0.15, 0.2) is 0 Å². The fourth-order valence-corrected chi connectivity index (χ4v) is 3.45. The second-order valence-electron chi connectivity index (χ2n) is 6.18. The first-order valence-electron chi connectivity index (χ1n) is 8.06. The van der Waals surface area contributed by atoms with E-state index in [2.05, 4.69) is 29.3 Å². The molecule has 0 amide bonds. The molecule has 2 aliphatic rings. The van der Waals surface area contributed by atoms with E-state index >= 15 is 0 Å². The van der Waals surface area contributed by atoms with E-state index in [1.165, 1.54) is 56.3 Å². The van der Waals surface area contributed by atoms with Crippen LogP contribution in [0.15, 0.2) is 18.2 Å². The lowest BCUT2D eigenvalue weighted by molar-refractivity contribution is 0.448. The van der Waals surface area contributed by atoms with Crippen molar-refractivity contribution in [3.8, 4) is 0 Å². The lowest BCUT2D eigenvalue weighted by Crippen LogP contribution is -2.40. The highest BCUT2D eigenvalue weighted by Gasteiger charge is 2.24. The van der Waals surface area contributed by atoms with Crippen LogP contribution in [0.3, 0.4) is 0 Å². The van der Waals surface area contributed by atoms with Gasteiger partial charge in [-0.25, -0.2) is 0 Å². The molecule has 1 aliphatic carbocycles. The van der Waals surface area contributed by atoms with Gasteiger partial charge in [-0.1, -0.05) is 18.5 Å². The fraction of sp³-hybridized carbons (Fsp3) is 0.647. The number of piperidine rings is 1. The van der Waals surface area contributed by atoms with Gasteiger partial charge in [0.05, 0.1) is 0 Å². The van der Waals surface area contributed by atoms with Gasteiger partial charge in [0.2, 0.25) is 0 Å². The van der Waals surface area contributed by atoms with Gasteiger partial charge >= 0.3 is 0 Å². The number of halogens is 1. The number of hydrogen-bond acceptors (Lipinski definition) is 2. The summed E-state index contributed by atoms with van der Waals surface area (Å²) in [6.45, 7) is 4.45. The zero-order valence-electron chi connectivity index (χ0n) is 12.4. The Morgan fingerprint density at radius 1 is 1.25 bits per heavy atom. The quantitative estimate of drug-likeness (QED) is 0.867. The smallest absolute Gasteiger partial charge is 0.0415 e. The topological polar surface area (TPSA) is 15.3 Å². The Balaban J connectivity index is 1.81. The maximum atomic E-state index is 6.21. The van der Waals surface area contributed by atoms with E-state index in [1.807, 2.05) is 6.07 Å². The molecule has 3 heteroatoms. The van der Waals surface area contributed by atoms with Gasteiger partial charge in [0.25, 0.3) is 0 Å². The molecule has 1 aromatic carbocycles. The van der Waals surface area contributed by atoms with Crippen molar-refractivity contribution in [1.29, 1.82) is 0 Å². The van der Waals surface area contributed by atoms with E-state index in [0.717, 1.165) is 17.6 Å². The molecule has 1 heterocycles. The van der Waals surface area contributed by atoms with Crippen LogP contribution in [0.1, 0.15) is 51.0 Å². The molecule has 1 aliphatic heterocycles. The molecule has 2 fully saturated rings. The zero-order chi connectivity index (χ0) is 13.9. The molecule has 1 saturated heterocycles. The third-order valence-electron chi connectivity index (χ3n) is 4.61. The Labute approximate surface area is 127 Å². The normalized spacial score (nSPS) is 23.1. The fourth-order valence-electron chi connectivity index (χ4n) is 3.26. The van der Waals surface area contributed by atoms with Gasteiger partial charge in [-0.05, 0) is 62.3 Å². The largest absolute Gasteiger partial charge is 0.368 e. The summed E-state index contributed by atoms with van der Waals surface area (Å²) < 4.78 is 0. The molecule has 1 atom stereocenters. The van der Waals surface area contributed by atoms with Gasteiger partial charge in [-0.15, -0.1) is 0 Å². The molecular weight excluding hydrogens is 268 g/mol. The highest BCUT2D eigenvalue weighted by molar-refractivity contribution is 6.30. The number of nitrogens with zero attached hydrogens (tertiary/aromatic N) is 1. The standard InChI is InChI=1S/C17H25ClN2/c1-2-16-5-3-4-10-20(16)17-9-6-14(18)11-13(17)12-19-15-7-8-15/h6,9,11,15-16,19H,2-5,7-8,10,12H2,1H3. The number of hydrogen-bond donors (Lipinski definition) is 1. The number of benzene rings is 1. The first-order valence-corrected chi connectivity index (χ1v) is 8.44. The molecule has 1 saturated carbocycles. The first kappa shape index (κ1) is 14.2. The average molecular weight is 293 g/mol. The predicted molar refractivity (Wildman–Crippen MR) is 86.6 cm³/mol. The summed E-state index contributed by atoms with van der Waals surface area (Å²) >= 11 is 6.21.